The molecule has 2 heterocycles. The smallest absolute Gasteiger partial charge is 0.246 e. The second-order valence-electron chi connectivity index (χ2n) is 4.87. The van der Waals surface area contributed by atoms with Crippen LogP contribution in [-0.4, -0.2) is 28.0 Å². The van der Waals surface area contributed by atoms with Crippen LogP contribution < -0.4 is 4.72 Å². The highest BCUT2D eigenvalue weighted by Crippen LogP contribution is 2.26. The second kappa shape index (κ2) is 5.63. The maximum absolute atomic E-state index is 12.4. The van der Waals surface area contributed by atoms with Gasteiger partial charge in [0.2, 0.25) is 0 Å². The molecule has 0 atom stereocenters. The van der Waals surface area contributed by atoms with E-state index in [1.807, 2.05) is 19.9 Å². The van der Waals surface area contributed by atoms with Gasteiger partial charge in [0.15, 0.2) is 0 Å². The molecule has 1 aromatic carbocycles. The van der Waals surface area contributed by atoms with Gasteiger partial charge in [0.05, 0.1) is 5.02 Å². The average Bonchev–Trinajstić information content (AvgIpc) is 2.83. The summed E-state index contributed by atoms with van der Waals surface area (Å²) in [4.78, 5) is 8.12. The highest BCUT2D eigenvalue weighted by atomic mass is 35.5. The average molecular weight is 372 g/mol. The zero-order valence-electron chi connectivity index (χ0n) is 12.1. The fourth-order valence-corrected chi connectivity index (χ4v) is 3.77. The van der Waals surface area contributed by atoms with Crippen molar-refractivity contribution in [2.24, 2.45) is 0 Å². The first kappa shape index (κ1) is 16.0. The lowest BCUT2D eigenvalue weighted by atomic mass is 10.4. The van der Waals surface area contributed by atoms with E-state index in [2.05, 4.69) is 19.8 Å². The number of sulfonamides is 1. The molecule has 1 N–H and O–H groups in total. The van der Waals surface area contributed by atoms with Crippen LogP contribution in [0.4, 0.5) is 5.95 Å². The molecular weight excluding hydrogens is 361 g/mol. The van der Waals surface area contributed by atoms with Crippen LogP contribution >= 0.6 is 23.2 Å². The van der Waals surface area contributed by atoms with E-state index in [0.717, 1.165) is 11.4 Å². The predicted octanol–water partition coefficient (Wildman–Crippen LogP) is 2.85. The predicted molar refractivity (Wildman–Crippen MR) is 87.5 cm³/mol. The SMILES string of the molecule is Cc1cc(C)n2nc(NS(=O)(=O)c3cc(Cl)ccc3Cl)nc2n1. The molecule has 23 heavy (non-hydrogen) atoms. The van der Waals surface area contributed by atoms with E-state index < -0.39 is 10.0 Å². The van der Waals surface area contributed by atoms with Crippen LogP contribution in [0.5, 0.6) is 0 Å². The molecule has 0 saturated heterocycles. The highest BCUT2D eigenvalue weighted by molar-refractivity contribution is 7.92. The van der Waals surface area contributed by atoms with Crippen LogP contribution in [0.2, 0.25) is 10.0 Å². The molecule has 3 rings (SSSR count). The molecule has 0 spiro atoms. The number of nitrogens with one attached hydrogen (secondary N) is 1. The number of aromatic nitrogens is 4. The lowest BCUT2D eigenvalue weighted by Gasteiger charge is -2.06. The number of nitrogens with zero attached hydrogens (tertiary/aromatic N) is 4. The summed E-state index contributed by atoms with van der Waals surface area (Å²) in [6, 6.07) is 5.98. The van der Waals surface area contributed by atoms with Gasteiger partial charge in [0, 0.05) is 16.4 Å². The number of fused-ring (bicyclic) bond motifs is 1. The number of hydrogen-bond donors (Lipinski definition) is 1. The third-order valence-electron chi connectivity index (χ3n) is 3.03. The molecule has 0 radical (unpaired) electrons. The van der Waals surface area contributed by atoms with Gasteiger partial charge in [-0.2, -0.15) is 9.50 Å². The first-order valence-electron chi connectivity index (χ1n) is 6.45. The topological polar surface area (TPSA) is 89.2 Å². The number of benzene rings is 1. The maximum Gasteiger partial charge on any atom is 0.265 e. The molecule has 0 fully saturated rings. The van der Waals surface area contributed by atoms with Gasteiger partial charge in [0.1, 0.15) is 4.90 Å². The van der Waals surface area contributed by atoms with E-state index in [4.69, 9.17) is 23.2 Å². The highest BCUT2D eigenvalue weighted by Gasteiger charge is 2.21. The number of anilines is 1. The summed E-state index contributed by atoms with van der Waals surface area (Å²) in [6.45, 7) is 3.64. The van der Waals surface area contributed by atoms with Crippen molar-refractivity contribution < 1.29 is 8.42 Å². The van der Waals surface area contributed by atoms with Crippen LogP contribution in [0.1, 0.15) is 11.4 Å². The molecular formula is C13H11Cl2N5O2S. The van der Waals surface area contributed by atoms with Crippen molar-refractivity contribution in [1.29, 1.82) is 0 Å². The first-order valence-corrected chi connectivity index (χ1v) is 8.69. The van der Waals surface area contributed by atoms with E-state index in [9.17, 15) is 8.42 Å². The normalized spacial score (nSPS) is 11.8. The molecule has 10 heteroatoms. The van der Waals surface area contributed by atoms with E-state index >= 15 is 0 Å². The van der Waals surface area contributed by atoms with Crippen molar-refractivity contribution in [2.45, 2.75) is 18.7 Å². The second-order valence-corrected chi connectivity index (χ2v) is 7.36. The van der Waals surface area contributed by atoms with Gasteiger partial charge in [-0.05, 0) is 38.1 Å². The molecule has 120 valence electrons. The van der Waals surface area contributed by atoms with Gasteiger partial charge in [0.25, 0.3) is 21.7 Å². The quantitative estimate of drug-likeness (QED) is 0.764. The third-order valence-corrected chi connectivity index (χ3v) is 5.07. The van der Waals surface area contributed by atoms with Crippen molar-refractivity contribution >= 4 is 45.0 Å². The minimum atomic E-state index is -3.97. The molecule has 0 bridgehead atoms. The van der Waals surface area contributed by atoms with Crippen LogP contribution in [0.15, 0.2) is 29.2 Å². The fraction of sp³-hybridized carbons (Fsp3) is 0.154. The Hall–Kier alpha value is -1.90. The summed E-state index contributed by atoms with van der Waals surface area (Å²) < 4.78 is 28.6. The fourth-order valence-electron chi connectivity index (χ4n) is 2.07. The Morgan fingerprint density at radius 3 is 2.61 bits per heavy atom. The van der Waals surface area contributed by atoms with Crippen LogP contribution in [0.25, 0.3) is 5.78 Å². The van der Waals surface area contributed by atoms with Crippen molar-refractivity contribution in [3.63, 3.8) is 0 Å². The zero-order chi connectivity index (χ0) is 16.8. The van der Waals surface area contributed by atoms with Gasteiger partial charge < -0.3 is 0 Å². The van der Waals surface area contributed by atoms with Crippen molar-refractivity contribution in [3.05, 3.63) is 45.7 Å². The summed E-state index contributed by atoms with van der Waals surface area (Å²) in [5.74, 6) is 0.208. The summed E-state index contributed by atoms with van der Waals surface area (Å²) in [5, 5.41) is 4.40. The minimum Gasteiger partial charge on any atom is -0.246 e. The Morgan fingerprint density at radius 1 is 1.13 bits per heavy atom. The monoisotopic (exact) mass is 371 g/mol. The third kappa shape index (κ3) is 3.10. The summed E-state index contributed by atoms with van der Waals surface area (Å²) in [7, 11) is -3.97. The van der Waals surface area contributed by atoms with Gasteiger partial charge in [-0.25, -0.2) is 18.1 Å². The van der Waals surface area contributed by atoms with Gasteiger partial charge in [-0.1, -0.05) is 23.2 Å². The standard InChI is InChI=1S/C13H11Cl2N5O2S/c1-7-5-8(2)20-13(16-7)17-12(18-20)19-23(21,22)11-6-9(14)3-4-10(11)15/h3-6H,1-2H3,(H,18,19). The van der Waals surface area contributed by atoms with E-state index in [1.54, 1.807) is 0 Å². The molecule has 7 nitrogen and oxygen atoms in total. The zero-order valence-corrected chi connectivity index (χ0v) is 14.4. The molecule has 0 aliphatic heterocycles. The lowest BCUT2D eigenvalue weighted by molar-refractivity contribution is 0.601. The van der Waals surface area contributed by atoms with Crippen molar-refractivity contribution in [2.75, 3.05) is 4.72 Å². The van der Waals surface area contributed by atoms with E-state index in [-0.39, 0.29) is 20.9 Å². The van der Waals surface area contributed by atoms with Crippen LogP contribution in [0, 0.1) is 13.8 Å². The van der Waals surface area contributed by atoms with Crippen molar-refractivity contribution in [1.82, 2.24) is 19.6 Å². The van der Waals surface area contributed by atoms with Crippen molar-refractivity contribution in [3.8, 4) is 0 Å². The Kier molecular flexibility index (Phi) is 3.91. The minimum absolute atomic E-state index is 0.0517. The van der Waals surface area contributed by atoms with Gasteiger partial charge in [-0.15, -0.1) is 5.10 Å². The lowest BCUT2D eigenvalue weighted by Crippen LogP contribution is -2.14. The summed E-state index contributed by atoms with van der Waals surface area (Å²) >= 11 is 11.8. The number of aryl methyl sites for hydroxylation is 2. The summed E-state index contributed by atoms with van der Waals surface area (Å²) in [5.41, 5.74) is 1.54. The largest absolute Gasteiger partial charge is 0.265 e. The summed E-state index contributed by atoms with van der Waals surface area (Å²) in [6.07, 6.45) is 0. The van der Waals surface area contributed by atoms with Gasteiger partial charge in [-0.3, -0.25) is 0 Å². The molecule has 3 aromatic rings. The number of hydrogen-bond acceptors (Lipinski definition) is 5. The van der Waals surface area contributed by atoms with E-state index in [0.29, 0.717) is 5.78 Å². The molecule has 0 saturated carbocycles. The maximum atomic E-state index is 12.4. The number of rotatable bonds is 3. The Labute approximate surface area is 142 Å². The van der Waals surface area contributed by atoms with Crippen LogP contribution in [-0.2, 0) is 10.0 Å². The molecule has 0 unspecified atom stereocenters. The molecule has 2 aromatic heterocycles. The van der Waals surface area contributed by atoms with Crippen LogP contribution in [0.3, 0.4) is 0 Å². The molecule has 0 aliphatic carbocycles. The first-order chi connectivity index (χ1) is 10.8. The molecule has 0 amide bonds. The molecule has 0 aliphatic rings. The Bertz CT molecular complexity index is 1020. The number of halogens is 2. The Morgan fingerprint density at radius 2 is 1.87 bits per heavy atom. The van der Waals surface area contributed by atoms with E-state index in [1.165, 1.54) is 22.7 Å². The Balaban J connectivity index is 2.04. The van der Waals surface area contributed by atoms with Gasteiger partial charge >= 0.3 is 0 Å².